The Hall–Kier alpha value is -1.75. The summed E-state index contributed by atoms with van der Waals surface area (Å²) in [6.45, 7) is 4.90. The maximum Gasteiger partial charge on any atom is 0.319 e. The Bertz CT molecular complexity index is 454. The highest BCUT2D eigenvalue weighted by Crippen LogP contribution is 2.24. The summed E-state index contributed by atoms with van der Waals surface area (Å²) in [6.07, 6.45) is 0.848. The molecule has 5 nitrogen and oxygen atoms in total. The highest BCUT2D eigenvalue weighted by atomic mass is 16.5. The topological polar surface area (TPSA) is 70.6 Å². The maximum absolute atomic E-state index is 11.8. The molecular formula is C13H18N2O3. The molecule has 0 aromatic heterocycles. The van der Waals surface area contributed by atoms with E-state index in [1.165, 1.54) is 0 Å². The number of phenols is 1. The van der Waals surface area contributed by atoms with Gasteiger partial charge in [-0.3, -0.25) is 0 Å². The van der Waals surface area contributed by atoms with E-state index in [4.69, 9.17) is 4.74 Å². The Morgan fingerprint density at radius 2 is 2.17 bits per heavy atom. The van der Waals surface area contributed by atoms with Gasteiger partial charge in [-0.05, 0) is 43.5 Å². The van der Waals surface area contributed by atoms with Crippen molar-refractivity contribution in [3.05, 3.63) is 23.3 Å². The monoisotopic (exact) mass is 250 g/mol. The number of aryl methyl sites for hydroxylation is 2. The van der Waals surface area contributed by atoms with E-state index in [2.05, 4.69) is 10.6 Å². The van der Waals surface area contributed by atoms with E-state index in [1.54, 1.807) is 19.1 Å². The summed E-state index contributed by atoms with van der Waals surface area (Å²) in [5.41, 5.74) is 2.28. The third-order valence-corrected chi connectivity index (χ3v) is 3.06. The molecule has 1 aliphatic rings. The Morgan fingerprint density at radius 3 is 2.83 bits per heavy atom. The second-order valence-corrected chi connectivity index (χ2v) is 4.61. The summed E-state index contributed by atoms with van der Waals surface area (Å²) in [4.78, 5) is 11.8. The summed E-state index contributed by atoms with van der Waals surface area (Å²) >= 11 is 0. The fourth-order valence-corrected chi connectivity index (χ4v) is 1.93. The number of amides is 2. The van der Waals surface area contributed by atoms with Crippen molar-refractivity contribution < 1.29 is 14.6 Å². The molecule has 18 heavy (non-hydrogen) atoms. The number of hydrogen-bond donors (Lipinski definition) is 3. The lowest BCUT2D eigenvalue weighted by molar-refractivity contribution is 0.189. The van der Waals surface area contributed by atoms with E-state index in [0.29, 0.717) is 18.9 Å². The van der Waals surface area contributed by atoms with Gasteiger partial charge in [0.25, 0.3) is 0 Å². The van der Waals surface area contributed by atoms with E-state index in [0.717, 1.165) is 17.5 Å². The van der Waals surface area contributed by atoms with Crippen LogP contribution in [0.3, 0.4) is 0 Å². The van der Waals surface area contributed by atoms with Crippen LogP contribution in [0.5, 0.6) is 5.75 Å². The van der Waals surface area contributed by atoms with Crippen LogP contribution in [0.2, 0.25) is 0 Å². The van der Waals surface area contributed by atoms with Gasteiger partial charge in [0.05, 0.1) is 12.6 Å². The molecule has 1 aromatic carbocycles. The molecule has 1 atom stereocenters. The number of phenolic OH excluding ortho intramolecular Hbond substituents is 1. The second kappa shape index (κ2) is 5.27. The van der Waals surface area contributed by atoms with Gasteiger partial charge in [-0.15, -0.1) is 0 Å². The van der Waals surface area contributed by atoms with Gasteiger partial charge in [-0.1, -0.05) is 0 Å². The van der Waals surface area contributed by atoms with Gasteiger partial charge in [0.2, 0.25) is 0 Å². The van der Waals surface area contributed by atoms with Gasteiger partial charge in [0, 0.05) is 12.3 Å². The zero-order valence-corrected chi connectivity index (χ0v) is 10.6. The lowest BCUT2D eigenvalue weighted by Gasteiger charge is -2.14. The largest absolute Gasteiger partial charge is 0.508 e. The van der Waals surface area contributed by atoms with Crippen LogP contribution in [0.1, 0.15) is 17.5 Å². The summed E-state index contributed by atoms with van der Waals surface area (Å²) in [6, 6.07) is 3.25. The Kier molecular flexibility index (Phi) is 3.72. The van der Waals surface area contributed by atoms with Crippen LogP contribution in [-0.2, 0) is 4.74 Å². The molecule has 1 fully saturated rings. The highest BCUT2D eigenvalue weighted by Gasteiger charge is 2.18. The van der Waals surface area contributed by atoms with E-state index >= 15 is 0 Å². The molecular weight excluding hydrogens is 232 g/mol. The van der Waals surface area contributed by atoms with Gasteiger partial charge < -0.3 is 20.5 Å². The van der Waals surface area contributed by atoms with Crippen LogP contribution in [0.15, 0.2) is 12.1 Å². The number of ether oxygens (including phenoxy) is 1. The molecule has 1 aromatic rings. The minimum Gasteiger partial charge on any atom is -0.508 e. The van der Waals surface area contributed by atoms with Crippen molar-refractivity contribution in [2.75, 3.05) is 18.5 Å². The molecule has 1 heterocycles. The van der Waals surface area contributed by atoms with Crippen molar-refractivity contribution >= 4 is 11.7 Å². The fraction of sp³-hybridized carbons (Fsp3) is 0.462. The van der Waals surface area contributed by atoms with E-state index in [9.17, 15) is 9.90 Å². The summed E-state index contributed by atoms with van der Waals surface area (Å²) < 4.78 is 5.19. The first kappa shape index (κ1) is 12.7. The Balaban J connectivity index is 2.00. The van der Waals surface area contributed by atoms with Gasteiger partial charge in [0.15, 0.2) is 0 Å². The molecule has 0 radical (unpaired) electrons. The first-order chi connectivity index (χ1) is 8.56. The predicted octanol–water partition coefficient (Wildman–Crippen LogP) is 1.92. The second-order valence-electron chi connectivity index (χ2n) is 4.61. The number of hydrogen-bond acceptors (Lipinski definition) is 3. The van der Waals surface area contributed by atoms with E-state index in [-0.39, 0.29) is 17.8 Å². The number of urea groups is 1. The number of carbonyl (C=O) groups is 1. The standard InChI is InChI=1S/C13H18N2O3/c1-8-6-12(16)9(2)5-11(8)15-13(17)14-10-3-4-18-7-10/h5-6,10,16H,3-4,7H2,1-2H3,(H2,14,15,17). The molecule has 3 N–H and O–H groups in total. The number of rotatable bonds is 2. The average Bonchev–Trinajstić information content (AvgIpc) is 2.78. The van der Waals surface area contributed by atoms with Crippen molar-refractivity contribution in [3.8, 4) is 5.75 Å². The Labute approximate surface area is 106 Å². The predicted molar refractivity (Wildman–Crippen MR) is 69.0 cm³/mol. The third-order valence-electron chi connectivity index (χ3n) is 3.06. The summed E-state index contributed by atoms with van der Waals surface area (Å²) in [5.74, 6) is 0.239. The van der Waals surface area contributed by atoms with Crippen LogP contribution < -0.4 is 10.6 Å². The molecule has 0 saturated carbocycles. The van der Waals surface area contributed by atoms with E-state index < -0.39 is 0 Å². The molecule has 1 aliphatic heterocycles. The van der Waals surface area contributed by atoms with Crippen LogP contribution in [0.25, 0.3) is 0 Å². The minimum absolute atomic E-state index is 0.0866. The number of aromatic hydroxyl groups is 1. The molecule has 0 aliphatic carbocycles. The Morgan fingerprint density at radius 1 is 1.39 bits per heavy atom. The molecule has 1 unspecified atom stereocenters. The highest BCUT2D eigenvalue weighted by molar-refractivity contribution is 5.90. The number of anilines is 1. The maximum atomic E-state index is 11.8. The smallest absolute Gasteiger partial charge is 0.319 e. The molecule has 98 valence electrons. The quantitative estimate of drug-likeness (QED) is 0.702. The van der Waals surface area contributed by atoms with Crippen LogP contribution >= 0.6 is 0 Å². The van der Waals surface area contributed by atoms with Gasteiger partial charge in [0.1, 0.15) is 5.75 Å². The van der Waals surface area contributed by atoms with Crippen LogP contribution in [0.4, 0.5) is 10.5 Å². The number of nitrogens with one attached hydrogen (secondary N) is 2. The van der Waals surface area contributed by atoms with Crippen molar-refractivity contribution in [1.82, 2.24) is 5.32 Å². The first-order valence-electron chi connectivity index (χ1n) is 6.01. The normalized spacial score (nSPS) is 18.7. The lowest BCUT2D eigenvalue weighted by Crippen LogP contribution is -2.38. The van der Waals surface area contributed by atoms with E-state index in [1.807, 2.05) is 6.92 Å². The summed E-state index contributed by atoms with van der Waals surface area (Å²) in [5, 5.41) is 15.2. The lowest BCUT2D eigenvalue weighted by atomic mass is 10.1. The zero-order chi connectivity index (χ0) is 13.1. The van der Waals surface area contributed by atoms with Crippen molar-refractivity contribution in [3.63, 3.8) is 0 Å². The first-order valence-corrected chi connectivity index (χ1v) is 6.01. The van der Waals surface area contributed by atoms with Gasteiger partial charge >= 0.3 is 6.03 Å². The van der Waals surface area contributed by atoms with Crippen molar-refractivity contribution in [2.24, 2.45) is 0 Å². The fourth-order valence-electron chi connectivity index (χ4n) is 1.93. The van der Waals surface area contributed by atoms with Gasteiger partial charge in [-0.2, -0.15) is 0 Å². The third kappa shape index (κ3) is 2.92. The van der Waals surface area contributed by atoms with Crippen LogP contribution in [0, 0.1) is 13.8 Å². The van der Waals surface area contributed by atoms with Crippen molar-refractivity contribution in [2.45, 2.75) is 26.3 Å². The molecule has 2 amide bonds. The molecule has 0 spiro atoms. The minimum atomic E-state index is -0.237. The van der Waals surface area contributed by atoms with Crippen molar-refractivity contribution in [1.29, 1.82) is 0 Å². The van der Waals surface area contributed by atoms with Gasteiger partial charge in [-0.25, -0.2) is 4.79 Å². The molecule has 0 bridgehead atoms. The summed E-state index contributed by atoms with van der Waals surface area (Å²) in [7, 11) is 0. The zero-order valence-electron chi connectivity index (χ0n) is 10.6. The molecule has 2 rings (SSSR count). The molecule has 1 saturated heterocycles. The van der Waals surface area contributed by atoms with Crippen LogP contribution in [-0.4, -0.2) is 30.4 Å². The average molecular weight is 250 g/mol. The molecule has 5 heteroatoms. The number of benzene rings is 1. The number of carbonyl (C=O) groups excluding carboxylic acids is 1. The SMILES string of the molecule is Cc1cc(NC(=O)NC2CCOC2)c(C)cc1O.